The van der Waals surface area contributed by atoms with Gasteiger partial charge in [0.2, 0.25) is 5.91 Å². The molecule has 0 fully saturated rings. The summed E-state index contributed by atoms with van der Waals surface area (Å²) in [5.74, 6) is -3.49. The minimum Gasteiger partial charge on any atom is -0.481 e. The molecule has 1 atom stereocenters. The van der Waals surface area contributed by atoms with Crippen molar-refractivity contribution in [3.05, 3.63) is 28.8 Å². The van der Waals surface area contributed by atoms with Crippen LogP contribution in [0.25, 0.3) is 0 Å². The Hall–Kier alpha value is -2.08. The maximum atomic E-state index is 11.6. The van der Waals surface area contributed by atoms with Gasteiger partial charge in [-0.1, -0.05) is 11.6 Å². The van der Waals surface area contributed by atoms with Crippen LogP contribution < -0.4 is 10.6 Å². The quantitative estimate of drug-likeness (QED) is 0.728. The zero-order chi connectivity index (χ0) is 14.6. The average Bonchev–Trinajstić information content (AvgIpc) is 2.39. The van der Waals surface area contributed by atoms with E-state index in [-0.39, 0.29) is 16.6 Å². The third kappa shape index (κ3) is 3.69. The molecule has 0 saturated heterocycles. The summed E-state index contributed by atoms with van der Waals surface area (Å²) in [5.41, 5.74) is 0.506. The monoisotopic (exact) mass is 284 g/mol. The van der Waals surface area contributed by atoms with Crippen molar-refractivity contribution in [3.8, 4) is 0 Å². The molecule has 7 heteroatoms. The largest absolute Gasteiger partial charge is 0.481 e. The zero-order valence-corrected chi connectivity index (χ0v) is 11.1. The Balaban J connectivity index is 2.97. The third-order valence-electron chi connectivity index (χ3n) is 2.48. The van der Waals surface area contributed by atoms with Crippen molar-refractivity contribution in [1.29, 1.82) is 0 Å². The number of carboxylic acid groups (broad SMARTS) is 1. The summed E-state index contributed by atoms with van der Waals surface area (Å²) in [6.45, 7) is 1.26. The molecule has 0 radical (unpaired) electrons. The molecule has 6 nitrogen and oxygen atoms in total. The number of anilines is 1. The summed E-state index contributed by atoms with van der Waals surface area (Å²) in [5, 5.41) is 13.8. The summed E-state index contributed by atoms with van der Waals surface area (Å²) in [6, 6.07) is 4.33. The smallest absolute Gasteiger partial charge is 0.315 e. The molecular formula is C12H13ClN2O4. The van der Waals surface area contributed by atoms with Crippen LogP contribution in [0.2, 0.25) is 5.02 Å². The normalized spacial score (nSPS) is 11.5. The molecule has 19 heavy (non-hydrogen) atoms. The Labute approximate surface area is 114 Å². The summed E-state index contributed by atoms with van der Waals surface area (Å²) in [7, 11) is 1.47. The van der Waals surface area contributed by atoms with Crippen molar-refractivity contribution in [1.82, 2.24) is 5.32 Å². The van der Waals surface area contributed by atoms with Crippen molar-refractivity contribution in [3.63, 3.8) is 0 Å². The van der Waals surface area contributed by atoms with E-state index in [4.69, 9.17) is 16.7 Å². The number of nitrogens with one attached hydrogen (secondary N) is 2. The van der Waals surface area contributed by atoms with Crippen LogP contribution >= 0.6 is 11.6 Å². The fraction of sp³-hybridized carbons (Fsp3) is 0.250. The summed E-state index contributed by atoms with van der Waals surface area (Å²) in [6.07, 6.45) is 0. The first-order chi connectivity index (χ1) is 8.86. The summed E-state index contributed by atoms with van der Waals surface area (Å²) < 4.78 is 0. The molecule has 102 valence electrons. The molecule has 0 bridgehead atoms. The second-order valence-electron chi connectivity index (χ2n) is 3.82. The highest BCUT2D eigenvalue weighted by molar-refractivity contribution is 6.34. The van der Waals surface area contributed by atoms with E-state index in [1.165, 1.54) is 32.2 Å². The fourth-order valence-electron chi connectivity index (χ4n) is 1.26. The van der Waals surface area contributed by atoms with Gasteiger partial charge in [-0.3, -0.25) is 14.4 Å². The lowest BCUT2D eigenvalue weighted by atomic mass is 10.1. The van der Waals surface area contributed by atoms with E-state index in [9.17, 15) is 14.4 Å². The van der Waals surface area contributed by atoms with Crippen LogP contribution in [0, 0.1) is 5.92 Å². The standard InChI is InChI=1S/C12H13ClN2O4/c1-6(12(18)19)10(16)15-9-5-7(11(17)14-2)3-4-8(9)13/h3-6H,1-2H3,(H,14,17)(H,15,16)(H,18,19). The molecule has 1 aromatic carbocycles. The predicted molar refractivity (Wildman–Crippen MR) is 70.3 cm³/mol. The maximum absolute atomic E-state index is 11.6. The highest BCUT2D eigenvalue weighted by atomic mass is 35.5. The molecule has 0 aromatic heterocycles. The van der Waals surface area contributed by atoms with Gasteiger partial charge in [-0.2, -0.15) is 0 Å². The Bertz CT molecular complexity index is 530. The number of carbonyl (C=O) groups excluding carboxylic acids is 2. The minimum absolute atomic E-state index is 0.195. The highest BCUT2D eigenvalue weighted by Gasteiger charge is 2.21. The fourth-order valence-corrected chi connectivity index (χ4v) is 1.42. The number of aliphatic carboxylic acids is 1. The van der Waals surface area contributed by atoms with Crippen LogP contribution in [0.15, 0.2) is 18.2 Å². The summed E-state index contributed by atoms with van der Waals surface area (Å²) >= 11 is 5.88. The van der Waals surface area contributed by atoms with Crippen LogP contribution in [0.3, 0.4) is 0 Å². The van der Waals surface area contributed by atoms with Crippen LogP contribution in [-0.2, 0) is 9.59 Å². The minimum atomic E-state index is -1.24. The Morgan fingerprint density at radius 1 is 1.32 bits per heavy atom. The highest BCUT2D eigenvalue weighted by Crippen LogP contribution is 2.23. The van der Waals surface area contributed by atoms with Gasteiger partial charge in [0.1, 0.15) is 5.92 Å². The van der Waals surface area contributed by atoms with Gasteiger partial charge in [-0.05, 0) is 25.1 Å². The number of halogens is 1. The second-order valence-corrected chi connectivity index (χ2v) is 4.23. The van der Waals surface area contributed by atoms with Gasteiger partial charge < -0.3 is 15.7 Å². The first-order valence-electron chi connectivity index (χ1n) is 5.42. The van der Waals surface area contributed by atoms with Crippen molar-refractivity contribution in [2.45, 2.75) is 6.92 Å². The van der Waals surface area contributed by atoms with Crippen molar-refractivity contribution in [2.75, 3.05) is 12.4 Å². The molecule has 0 aliphatic rings. The average molecular weight is 285 g/mol. The van der Waals surface area contributed by atoms with Crippen LogP contribution in [0.1, 0.15) is 17.3 Å². The molecule has 0 spiro atoms. The molecule has 1 aromatic rings. The Kier molecular flexibility index (Phi) is 4.88. The first-order valence-corrected chi connectivity index (χ1v) is 5.80. The van der Waals surface area contributed by atoms with Gasteiger partial charge in [0, 0.05) is 12.6 Å². The molecule has 0 heterocycles. The Morgan fingerprint density at radius 3 is 2.47 bits per heavy atom. The second kappa shape index (κ2) is 6.19. The van der Waals surface area contributed by atoms with Gasteiger partial charge in [-0.25, -0.2) is 0 Å². The predicted octanol–water partition coefficient (Wildman–Crippen LogP) is 1.36. The first kappa shape index (κ1) is 15.0. The molecular weight excluding hydrogens is 272 g/mol. The number of hydrogen-bond acceptors (Lipinski definition) is 3. The number of rotatable bonds is 4. The van der Waals surface area contributed by atoms with E-state index in [2.05, 4.69) is 10.6 Å². The van der Waals surface area contributed by atoms with Crippen LogP contribution in [0.5, 0.6) is 0 Å². The molecule has 1 rings (SSSR count). The van der Waals surface area contributed by atoms with Crippen molar-refractivity contribution >= 4 is 35.1 Å². The van der Waals surface area contributed by atoms with E-state index >= 15 is 0 Å². The zero-order valence-electron chi connectivity index (χ0n) is 10.4. The third-order valence-corrected chi connectivity index (χ3v) is 2.81. The van der Waals surface area contributed by atoms with Crippen molar-refractivity contribution < 1.29 is 19.5 Å². The lowest BCUT2D eigenvalue weighted by Crippen LogP contribution is -2.27. The van der Waals surface area contributed by atoms with Gasteiger partial charge in [-0.15, -0.1) is 0 Å². The number of carbonyl (C=O) groups is 3. The molecule has 3 N–H and O–H groups in total. The molecule has 1 unspecified atom stereocenters. The van der Waals surface area contributed by atoms with Crippen LogP contribution in [0.4, 0.5) is 5.69 Å². The number of carboxylic acids is 1. The topological polar surface area (TPSA) is 95.5 Å². The van der Waals surface area contributed by atoms with Gasteiger partial charge in [0.25, 0.3) is 5.91 Å². The summed E-state index contributed by atoms with van der Waals surface area (Å²) in [4.78, 5) is 33.7. The van der Waals surface area contributed by atoms with Crippen LogP contribution in [-0.4, -0.2) is 29.9 Å². The van der Waals surface area contributed by atoms with E-state index in [0.717, 1.165) is 0 Å². The Morgan fingerprint density at radius 2 is 1.95 bits per heavy atom. The van der Waals surface area contributed by atoms with Gasteiger partial charge in [0.15, 0.2) is 0 Å². The lowest BCUT2D eigenvalue weighted by Gasteiger charge is -2.11. The maximum Gasteiger partial charge on any atom is 0.315 e. The SMILES string of the molecule is CNC(=O)c1ccc(Cl)c(NC(=O)C(C)C(=O)O)c1. The molecule has 0 saturated carbocycles. The molecule has 0 aliphatic carbocycles. The number of benzene rings is 1. The molecule has 2 amide bonds. The number of hydrogen-bond donors (Lipinski definition) is 3. The lowest BCUT2D eigenvalue weighted by molar-refractivity contribution is -0.144. The van der Waals surface area contributed by atoms with E-state index in [0.29, 0.717) is 5.56 Å². The van der Waals surface area contributed by atoms with E-state index in [1.54, 1.807) is 0 Å². The van der Waals surface area contributed by atoms with Crippen molar-refractivity contribution in [2.24, 2.45) is 5.92 Å². The van der Waals surface area contributed by atoms with E-state index < -0.39 is 17.8 Å². The number of amides is 2. The van der Waals surface area contributed by atoms with Gasteiger partial charge >= 0.3 is 5.97 Å². The van der Waals surface area contributed by atoms with E-state index in [1.807, 2.05) is 0 Å². The molecule has 0 aliphatic heterocycles. The van der Waals surface area contributed by atoms with Gasteiger partial charge in [0.05, 0.1) is 10.7 Å².